The van der Waals surface area contributed by atoms with Gasteiger partial charge in [-0.2, -0.15) is 0 Å². The Kier molecular flexibility index (Phi) is 5.86. The van der Waals surface area contributed by atoms with E-state index in [2.05, 4.69) is 60.4 Å². The fourth-order valence-corrected chi connectivity index (χ4v) is 4.05. The number of anilines is 2. The van der Waals surface area contributed by atoms with Gasteiger partial charge >= 0.3 is 0 Å². The fourth-order valence-electron chi connectivity index (χ4n) is 4.05. The molecule has 3 aromatic carbocycles. The largest absolute Gasteiger partial charge is 0.370 e. The Morgan fingerprint density at radius 1 is 0.967 bits per heavy atom. The summed E-state index contributed by atoms with van der Waals surface area (Å²) in [5.41, 5.74) is 6.22. The molecule has 1 fully saturated rings. The Hall–Kier alpha value is -3.11. The summed E-state index contributed by atoms with van der Waals surface area (Å²) in [6.07, 6.45) is 1.18. The van der Waals surface area contributed by atoms with Gasteiger partial charge in [0.05, 0.1) is 0 Å². The topological polar surface area (TPSA) is 35.6 Å². The average Bonchev–Trinajstić information content (AvgIpc) is 3.25. The number of amides is 1. The number of carbonyl (C=O) groups is 1. The van der Waals surface area contributed by atoms with Crippen molar-refractivity contribution < 1.29 is 4.79 Å². The molecular weight excluding hydrogens is 370 g/mol. The standard InChI is InChI=1S/C26H29N3O/c1-19-6-4-5-7-25(19)20-8-10-21(11-9-20)26(30)27-22-12-14-23(15-13-22)29-17-16-24(18-29)28(2)3/h4-15,24H,16-18H2,1-3H3,(H,27,30). The number of nitrogens with zero attached hydrogens (tertiary/aromatic N) is 2. The van der Waals surface area contributed by atoms with E-state index in [0.29, 0.717) is 11.6 Å². The van der Waals surface area contributed by atoms with E-state index in [4.69, 9.17) is 0 Å². The van der Waals surface area contributed by atoms with Gasteiger partial charge in [0, 0.05) is 36.1 Å². The quantitative estimate of drug-likeness (QED) is 0.652. The second-order valence-corrected chi connectivity index (χ2v) is 8.25. The van der Waals surface area contributed by atoms with Crippen LogP contribution in [0.5, 0.6) is 0 Å². The molecule has 0 aliphatic carbocycles. The van der Waals surface area contributed by atoms with Gasteiger partial charge in [-0.25, -0.2) is 0 Å². The highest BCUT2D eigenvalue weighted by Crippen LogP contribution is 2.25. The van der Waals surface area contributed by atoms with Gasteiger partial charge in [-0.1, -0.05) is 36.4 Å². The van der Waals surface area contributed by atoms with Gasteiger partial charge < -0.3 is 15.1 Å². The lowest BCUT2D eigenvalue weighted by molar-refractivity contribution is 0.102. The third-order valence-electron chi connectivity index (χ3n) is 5.99. The lowest BCUT2D eigenvalue weighted by Crippen LogP contribution is -2.31. The fraction of sp³-hybridized carbons (Fsp3) is 0.269. The van der Waals surface area contributed by atoms with Gasteiger partial charge in [-0.15, -0.1) is 0 Å². The van der Waals surface area contributed by atoms with Crippen LogP contribution in [0.25, 0.3) is 11.1 Å². The molecule has 1 saturated heterocycles. The molecule has 154 valence electrons. The maximum atomic E-state index is 12.7. The van der Waals surface area contributed by atoms with Crippen LogP contribution >= 0.6 is 0 Å². The molecule has 0 spiro atoms. The number of aryl methyl sites for hydroxylation is 1. The molecule has 30 heavy (non-hydrogen) atoms. The summed E-state index contributed by atoms with van der Waals surface area (Å²) in [4.78, 5) is 17.4. The summed E-state index contributed by atoms with van der Waals surface area (Å²) in [7, 11) is 4.28. The first-order valence-electron chi connectivity index (χ1n) is 10.5. The van der Waals surface area contributed by atoms with Crippen LogP contribution in [-0.2, 0) is 0 Å². The predicted octanol–water partition coefficient (Wildman–Crippen LogP) is 5.05. The number of benzene rings is 3. The third-order valence-corrected chi connectivity index (χ3v) is 5.99. The van der Waals surface area contributed by atoms with Crippen molar-refractivity contribution in [1.29, 1.82) is 0 Å². The van der Waals surface area contributed by atoms with E-state index < -0.39 is 0 Å². The van der Waals surface area contributed by atoms with Crippen molar-refractivity contribution in [3.8, 4) is 11.1 Å². The summed E-state index contributed by atoms with van der Waals surface area (Å²) < 4.78 is 0. The molecule has 1 heterocycles. The zero-order chi connectivity index (χ0) is 21.1. The van der Waals surface area contributed by atoms with E-state index in [9.17, 15) is 4.79 Å². The van der Waals surface area contributed by atoms with E-state index in [0.717, 1.165) is 24.3 Å². The third kappa shape index (κ3) is 4.39. The maximum absolute atomic E-state index is 12.7. The van der Waals surface area contributed by atoms with Crippen LogP contribution in [0, 0.1) is 6.92 Å². The number of nitrogens with one attached hydrogen (secondary N) is 1. The Bertz CT molecular complexity index is 1010. The molecule has 3 aromatic rings. The minimum absolute atomic E-state index is 0.0899. The van der Waals surface area contributed by atoms with Crippen LogP contribution in [0.3, 0.4) is 0 Å². The Balaban J connectivity index is 1.40. The second kappa shape index (κ2) is 8.72. The van der Waals surface area contributed by atoms with E-state index in [1.807, 2.05) is 48.5 Å². The van der Waals surface area contributed by atoms with Gasteiger partial charge in [0.15, 0.2) is 0 Å². The van der Waals surface area contributed by atoms with Crippen molar-refractivity contribution in [2.24, 2.45) is 0 Å². The van der Waals surface area contributed by atoms with Crippen molar-refractivity contribution in [2.75, 3.05) is 37.4 Å². The number of hydrogen-bond acceptors (Lipinski definition) is 3. The molecule has 0 bridgehead atoms. The monoisotopic (exact) mass is 399 g/mol. The van der Waals surface area contributed by atoms with Gasteiger partial charge in [0.1, 0.15) is 0 Å². The summed E-state index contributed by atoms with van der Waals surface area (Å²) in [5.74, 6) is -0.0899. The molecule has 1 aliphatic rings. The lowest BCUT2D eigenvalue weighted by atomic mass is 9.99. The Morgan fingerprint density at radius 2 is 1.67 bits per heavy atom. The molecule has 1 atom stereocenters. The first kappa shape index (κ1) is 20.2. The van der Waals surface area contributed by atoms with Gasteiger partial charge in [0.2, 0.25) is 0 Å². The molecule has 0 radical (unpaired) electrons. The van der Waals surface area contributed by atoms with Crippen molar-refractivity contribution in [1.82, 2.24) is 4.90 Å². The smallest absolute Gasteiger partial charge is 0.255 e. The van der Waals surface area contributed by atoms with Crippen molar-refractivity contribution >= 4 is 17.3 Å². The highest BCUT2D eigenvalue weighted by Gasteiger charge is 2.23. The molecule has 4 heteroatoms. The number of rotatable bonds is 5. The summed E-state index contributed by atoms with van der Waals surface area (Å²) in [6, 6.07) is 24.8. The second-order valence-electron chi connectivity index (χ2n) is 8.25. The van der Waals surface area contributed by atoms with Crippen molar-refractivity contribution in [3.63, 3.8) is 0 Å². The average molecular weight is 400 g/mol. The van der Waals surface area contributed by atoms with E-state index in [1.165, 1.54) is 23.2 Å². The maximum Gasteiger partial charge on any atom is 0.255 e. The lowest BCUT2D eigenvalue weighted by Gasteiger charge is -2.22. The number of hydrogen-bond donors (Lipinski definition) is 1. The van der Waals surface area contributed by atoms with Crippen molar-refractivity contribution in [2.45, 2.75) is 19.4 Å². The molecule has 1 unspecified atom stereocenters. The van der Waals surface area contributed by atoms with Crippen LogP contribution < -0.4 is 10.2 Å². The van der Waals surface area contributed by atoms with Gasteiger partial charge in [-0.05, 0) is 80.5 Å². The summed E-state index contributed by atoms with van der Waals surface area (Å²) in [5, 5.41) is 3.01. The molecule has 0 aromatic heterocycles. The highest BCUT2D eigenvalue weighted by molar-refractivity contribution is 6.04. The van der Waals surface area contributed by atoms with Crippen LogP contribution in [0.1, 0.15) is 22.3 Å². The zero-order valence-corrected chi connectivity index (χ0v) is 17.9. The SMILES string of the molecule is Cc1ccccc1-c1ccc(C(=O)Nc2ccc(N3CCC(N(C)C)C3)cc2)cc1. The van der Waals surface area contributed by atoms with Crippen LogP contribution in [0.4, 0.5) is 11.4 Å². The summed E-state index contributed by atoms with van der Waals surface area (Å²) >= 11 is 0. The molecule has 1 aliphatic heterocycles. The molecule has 1 N–H and O–H groups in total. The zero-order valence-electron chi connectivity index (χ0n) is 17.9. The summed E-state index contributed by atoms with van der Waals surface area (Å²) in [6.45, 7) is 4.22. The van der Waals surface area contributed by atoms with Crippen LogP contribution in [0.2, 0.25) is 0 Å². The number of likely N-dealkylation sites (N-methyl/N-ethyl adjacent to an activating group) is 1. The molecule has 4 rings (SSSR count). The van der Waals surface area contributed by atoms with E-state index in [1.54, 1.807) is 0 Å². The predicted molar refractivity (Wildman–Crippen MR) is 125 cm³/mol. The minimum Gasteiger partial charge on any atom is -0.370 e. The molecule has 0 saturated carbocycles. The first-order valence-corrected chi connectivity index (χ1v) is 10.5. The Morgan fingerprint density at radius 3 is 2.30 bits per heavy atom. The molecule has 1 amide bonds. The first-order chi connectivity index (χ1) is 14.5. The van der Waals surface area contributed by atoms with Gasteiger partial charge in [0.25, 0.3) is 5.91 Å². The van der Waals surface area contributed by atoms with Crippen molar-refractivity contribution in [3.05, 3.63) is 83.9 Å². The van der Waals surface area contributed by atoms with Gasteiger partial charge in [-0.3, -0.25) is 4.79 Å². The molecule has 4 nitrogen and oxygen atoms in total. The Labute approximate surface area is 179 Å². The van der Waals surface area contributed by atoms with Crippen LogP contribution in [0.15, 0.2) is 72.8 Å². The highest BCUT2D eigenvalue weighted by atomic mass is 16.1. The normalized spacial score (nSPS) is 16.1. The van der Waals surface area contributed by atoms with Crippen LogP contribution in [-0.4, -0.2) is 44.0 Å². The van der Waals surface area contributed by atoms with E-state index in [-0.39, 0.29) is 5.91 Å². The minimum atomic E-state index is -0.0899. The number of carbonyl (C=O) groups excluding carboxylic acids is 1. The van der Waals surface area contributed by atoms with E-state index >= 15 is 0 Å². The molecular formula is C26H29N3O.